The van der Waals surface area contributed by atoms with E-state index < -0.39 is 24.4 Å². The van der Waals surface area contributed by atoms with Gasteiger partial charge >= 0.3 is 5.97 Å². The van der Waals surface area contributed by atoms with Crippen molar-refractivity contribution in [3.05, 3.63) is 70.1 Å². The highest BCUT2D eigenvalue weighted by Gasteiger charge is 2.20. The van der Waals surface area contributed by atoms with Crippen molar-refractivity contribution in [2.45, 2.75) is 13.8 Å². The number of hydrogen-bond acceptors (Lipinski definition) is 5. The van der Waals surface area contributed by atoms with E-state index in [1.165, 1.54) is 18.2 Å². The molecule has 0 fully saturated rings. The Labute approximate surface area is 169 Å². The highest BCUT2D eigenvalue weighted by atomic mass is 32.1. The Bertz CT molecular complexity index is 1090. The van der Waals surface area contributed by atoms with Gasteiger partial charge in [-0.2, -0.15) is 0 Å². The fraction of sp³-hybridized carbons (Fsp3) is 0.150. The number of aromatic nitrogens is 1. The summed E-state index contributed by atoms with van der Waals surface area (Å²) < 4.78 is 20.1. The second-order valence-corrected chi connectivity index (χ2v) is 7.16. The Morgan fingerprint density at radius 1 is 1.14 bits per heavy atom. The van der Waals surface area contributed by atoms with Gasteiger partial charge in [0, 0.05) is 17.1 Å². The van der Waals surface area contributed by atoms with Gasteiger partial charge < -0.3 is 20.4 Å². The van der Waals surface area contributed by atoms with Crippen LogP contribution < -0.4 is 11.1 Å². The lowest BCUT2D eigenvalue weighted by atomic mass is 10.2. The minimum absolute atomic E-state index is 0.192. The minimum atomic E-state index is -0.664. The zero-order valence-corrected chi connectivity index (χ0v) is 16.5. The van der Waals surface area contributed by atoms with Crippen molar-refractivity contribution in [1.82, 2.24) is 4.57 Å². The van der Waals surface area contributed by atoms with Crippen LogP contribution in [0.3, 0.4) is 0 Å². The second kappa shape index (κ2) is 8.27. The third-order valence-corrected chi connectivity index (χ3v) is 5.08. The molecule has 29 heavy (non-hydrogen) atoms. The number of nitrogens with one attached hydrogen (secondary N) is 1. The highest BCUT2D eigenvalue weighted by Crippen LogP contribution is 2.23. The Balaban J connectivity index is 1.69. The Hall–Kier alpha value is -3.46. The van der Waals surface area contributed by atoms with Crippen molar-refractivity contribution in [3.63, 3.8) is 0 Å². The highest BCUT2D eigenvalue weighted by molar-refractivity contribution is 7.14. The van der Waals surface area contributed by atoms with E-state index in [0.717, 1.165) is 17.0 Å². The summed E-state index contributed by atoms with van der Waals surface area (Å²) in [7, 11) is 0. The maximum absolute atomic E-state index is 13.2. The van der Waals surface area contributed by atoms with Gasteiger partial charge in [-0.3, -0.25) is 9.59 Å². The largest absolute Gasteiger partial charge is 0.452 e. The predicted octanol–water partition coefficient (Wildman–Crippen LogP) is 3.19. The lowest BCUT2D eigenvalue weighted by Gasteiger charge is -2.10. The van der Waals surface area contributed by atoms with Gasteiger partial charge in [-0.25, -0.2) is 9.18 Å². The molecule has 0 atom stereocenters. The molecule has 3 rings (SSSR count). The summed E-state index contributed by atoms with van der Waals surface area (Å²) in [5.74, 6) is -2.27. The summed E-state index contributed by atoms with van der Waals surface area (Å²) in [5, 5.41) is 4.42. The van der Waals surface area contributed by atoms with Gasteiger partial charge in [0.2, 0.25) is 0 Å². The molecule has 0 saturated carbocycles. The molecule has 3 aromatic rings. The molecule has 0 aliphatic carbocycles. The van der Waals surface area contributed by atoms with Gasteiger partial charge in [0.25, 0.3) is 11.8 Å². The van der Waals surface area contributed by atoms with Crippen molar-refractivity contribution in [2.24, 2.45) is 5.73 Å². The second-order valence-electron chi connectivity index (χ2n) is 6.25. The Kier molecular flexibility index (Phi) is 5.79. The molecule has 0 unspecified atom stereocenters. The van der Waals surface area contributed by atoms with Crippen LogP contribution in [0.2, 0.25) is 0 Å². The number of aryl methyl sites for hydroxylation is 1. The van der Waals surface area contributed by atoms with E-state index >= 15 is 0 Å². The lowest BCUT2D eigenvalue weighted by molar-refractivity contribution is -0.119. The topological polar surface area (TPSA) is 103 Å². The van der Waals surface area contributed by atoms with Crippen LogP contribution in [0.4, 0.5) is 9.39 Å². The molecular weight excluding hydrogens is 397 g/mol. The summed E-state index contributed by atoms with van der Waals surface area (Å²) in [4.78, 5) is 35.8. The molecule has 0 saturated heterocycles. The normalized spacial score (nSPS) is 10.6. The number of benzene rings is 1. The summed E-state index contributed by atoms with van der Waals surface area (Å²) in [6, 6.07) is 9.02. The van der Waals surface area contributed by atoms with Crippen molar-refractivity contribution < 1.29 is 23.5 Å². The number of nitrogens with zero attached hydrogens (tertiary/aromatic N) is 1. The van der Waals surface area contributed by atoms with E-state index in [0.29, 0.717) is 21.9 Å². The SMILES string of the molecule is Cc1cc(C(=O)OCC(=O)Nc2sccc2C(N)=O)c(C)n1-c1ccc(F)cc1. The lowest BCUT2D eigenvalue weighted by Crippen LogP contribution is -2.22. The quantitative estimate of drug-likeness (QED) is 0.604. The van der Waals surface area contributed by atoms with E-state index in [4.69, 9.17) is 10.5 Å². The van der Waals surface area contributed by atoms with Crippen LogP contribution >= 0.6 is 11.3 Å². The van der Waals surface area contributed by atoms with Crippen LogP contribution in [0.25, 0.3) is 5.69 Å². The van der Waals surface area contributed by atoms with E-state index in [1.54, 1.807) is 35.1 Å². The molecule has 0 bridgehead atoms. The number of esters is 1. The number of rotatable bonds is 6. The molecule has 0 aliphatic rings. The third-order valence-electron chi connectivity index (χ3n) is 4.25. The molecule has 0 spiro atoms. The number of amides is 2. The van der Waals surface area contributed by atoms with Crippen molar-refractivity contribution in [2.75, 3.05) is 11.9 Å². The van der Waals surface area contributed by atoms with Crippen LogP contribution in [0.5, 0.6) is 0 Å². The Morgan fingerprint density at radius 2 is 1.83 bits per heavy atom. The van der Waals surface area contributed by atoms with Gasteiger partial charge in [0.1, 0.15) is 10.8 Å². The number of anilines is 1. The smallest absolute Gasteiger partial charge is 0.340 e. The summed E-state index contributed by atoms with van der Waals surface area (Å²) in [6.45, 7) is 3.02. The van der Waals surface area contributed by atoms with Gasteiger partial charge in [0.05, 0.1) is 11.1 Å². The number of nitrogens with two attached hydrogens (primary N) is 1. The zero-order valence-electron chi connectivity index (χ0n) is 15.7. The summed E-state index contributed by atoms with van der Waals surface area (Å²) >= 11 is 1.14. The number of carbonyl (C=O) groups excluding carboxylic acids is 3. The Morgan fingerprint density at radius 3 is 2.48 bits per heavy atom. The van der Waals surface area contributed by atoms with Crippen LogP contribution in [-0.2, 0) is 9.53 Å². The van der Waals surface area contributed by atoms with Crippen molar-refractivity contribution >= 4 is 34.1 Å². The molecule has 9 heteroatoms. The van der Waals surface area contributed by atoms with Crippen LogP contribution in [-0.4, -0.2) is 29.0 Å². The van der Waals surface area contributed by atoms with E-state index in [-0.39, 0.29) is 11.4 Å². The van der Waals surface area contributed by atoms with E-state index in [2.05, 4.69) is 5.32 Å². The molecule has 2 amide bonds. The molecule has 7 nitrogen and oxygen atoms in total. The van der Waals surface area contributed by atoms with Crippen LogP contribution in [0.15, 0.2) is 41.8 Å². The number of halogens is 1. The molecule has 1 aromatic carbocycles. The van der Waals surface area contributed by atoms with Crippen molar-refractivity contribution in [3.8, 4) is 5.69 Å². The number of primary amides is 1. The van der Waals surface area contributed by atoms with Gasteiger partial charge in [0.15, 0.2) is 6.61 Å². The van der Waals surface area contributed by atoms with Gasteiger partial charge in [-0.05, 0) is 55.6 Å². The average molecular weight is 415 g/mol. The fourth-order valence-electron chi connectivity index (χ4n) is 2.93. The minimum Gasteiger partial charge on any atom is -0.452 e. The molecule has 0 radical (unpaired) electrons. The predicted molar refractivity (Wildman–Crippen MR) is 107 cm³/mol. The summed E-state index contributed by atoms with van der Waals surface area (Å²) in [5.41, 5.74) is 7.79. The monoisotopic (exact) mass is 415 g/mol. The first-order chi connectivity index (χ1) is 13.8. The average Bonchev–Trinajstić information content (AvgIpc) is 3.25. The standard InChI is InChI=1S/C20H18FN3O4S/c1-11-9-16(12(2)24(11)14-5-3-13(21)4-6-14)20(27)28-10-17(25)23-19-15(18(22)26)7-8-29-19/h3-9H,10H2,1-2H3,(H2,22,26)(H,23,25). The van der Waals surface area contributed by atoms with Gasteiger partial charge in [-0.15, -0.1) is 11.3 Å². The molecule has 2 aromatic heterocycles. The molecule has 2 heterocycles. The molecule has 150 valence electrons. The fourth-order valence-corrected chi connectivity index (χ4v) is 3.74. The van der Waals surface area contributed by atoms with Crippen molar-refractivity contribution in [1.29, 1.82) is 0 Å². The van der Waals surface area contributed by atoms with Gasteiger partial charge in [-0.1, -0.05) is 0 Å². The number of ether oxygens (including phenoxy) is 1. The summed E-state index contributed by atoms with van der Waals surface area (Å²) in [6.07, 6.45) is 0. The molecular formula is C20H18FN3O4S. The molecule has 3 N–H and O–H groups in total. The first kappa shape index (κ1) is 20.3. The maximum Gasteiger partial charge on any atom is 0.340 e. The number of thiophene rings is 1. The molecule has 0 aliphatic heterocycles. The van der Waals surface area contributed by atoms with E-state index in [9.17, 15) is 18.8 Å². The third kappa shape index (κ3) is 4.35. The number of carbonyl (C=O) groups is 3. The first-order valence-electron chi connectivity index (χ1n) is 8.57. The van der Waals surface area contributed by atoms with E-state index in [1.807, 2.05) is 6.92 Å². The number of hydrogen-bond donors (Lipinski definition) is 2. The zero-order chi connectivity index (χ0) is 21.1. The first-order valence-corrected chi connectivity index (χ1v) is 9.45. The van der Waals surface area contributed by atoms with Crippen LogP contribution in [0.1, 0.15) is 32.1 Å². The van der Waals surface area contributed by atoms with Crippen LogP contribution in [0, 0.1) is 19.7 Å². The maximum atomic E-state index is 13.2.